The maximum absolute atomic E-state index is 10.8. The molecule has 6 heteroatoms. The predicted molar refractivity (Wildman–Crippen MR) is 69.9 cm³/mol. The smallest absolute Gasteiger partial charge is 0.209 e. The molecular formula is C12H19NO4S. The quantitative estimate of drug-likeness (QED) is 0.717. The highest BCUT2D eigenvalue weighted by molar-refractivity contribution is 7.89. The number of benzene rings is 1. The lowest BCUT2D eigenvalue weighted by atomic mass is 10.2. The third kappa shape index (κ3) is 7.26. The molecule has 0 aliphatic carbocycles. The van der Waals surface area contributed by atoms with Gasteiger partial charge in [0.15, 0.2) is 0 Å². The molecule has 102 valence electrons. The van der Waals surface area contributed by atoms with E-state index in [0.29, 0.717) is 19.8 Å². The first-order chi connectivity index (χ1) is 8.47. The molecule has 0 fully saturated rings. The SMILES string of the molecule is CC(COCCOc1ccccc1)CS(N)(=O)=O. The van der Waals surface area contributed by atoms with Crippen LogP contribution in [-0.2, 0) is 14.8 Å². The third-order valence-electron chi connectivity index (χ3n) is 2.16. The lowest BCUT2D eigenvalue weighted by molar-refractivity contribution is 0.0824. The van der Waals surface area contributed by atoms with Gasteiger partial charge in [-0.3, -0.25) is 0 Å². The van der Waals surface area contributed by atoms with E-state index in [4.69, 9.17) is 14.6 Å². The molecule has 1 aromatic rings. The van der Waals surface area contributed by atoms with E-state index in [1.807, 2.05) is 30.3 Å². The molecule has 18 heavy (non-hydrogen) atoms. The highest BCUT2D eigenvalue weighted by Crippen LogP contribution is 2.07. The number of sulfonamides is 1. The highest BCUT2D eigenvalue weighted by Gasteiger charge is 2.10. The topological polar surface area (TPSA) is 78.6 Å². The van der Waals surface area contributed by atoms with Gasteiger partial charge in [-0.1, -0.05) is 25.1 Å². The minimum Gasteiger partial charge on any atom is -0.491 e. The average Bonchev–Trinajstić information content (AvgIpc) is 2.27. The summed E-state index contributed by atoms with van der Waals surface area (Å²) in [5.41, 5.74) is 0. The Morgan fingerprint density at radius 1 is 1.22 bits per heavy atom. The first-order valence-electron chi connectivity index (χ1n) is 5.73. The molecule has 0 aliphatic rings. The fourth-order valence-electron chi connectivity index (χ4n) is 1.46. The van der Waals surface area contributed by atoms with Gasteiger partial charge < -0.3 is 9.47 Å². The van der Waals surface area contributed by atoms with Crippen LogP contribution in [0.2, 0.25) is 0 Å². The molecule has 0 aliphatic heterocycles. The van der Waals surface area contributed by atoms with Crippen molar-refractivity contribution in [2.24, 2.45) is 11.1 Å². The first-order valence-corrected chi connectivity index (χ1v) is 7.45. The molecule has 2 N–H and O–H groups in total. The predicted octanol–water partition coefficient (Wildman–Crippen LogP) is 1.01. The second-order valence-corrected chi connectivity index (χ2v) is 5.83. The van der Waals surface area contributed by atoms with Crippen molar-refractivity contribution in [1.29, 1.82) is 0 Å². The van der Waals surface area contributed by atoms with E-state index < -0.39 is 10.0 Å². The van der Waals surface area contributed by atoms with Crippen molar-refractivity contribution in [1.82, 2.24) is 0 Å². The molecule has 0 amide bonds. The monoisotopic (exact) mass is 273 g/mol. The summed E-state index contributed by atoms with van der Waals surface area (Å²) in [6, 6.07) is 9.43. The standard InChI is InChI=1S/C12H19NO4S/c1-11(10-18(13,14)15)9-16-7-8-17-12-5-3-2-4-6-12/h2-6,11H,7-10H2,1H3,(H2,13,14,15). The number of hydrogen-bond acceptors (Lipinski definition) is 4. The summed E-state index contributed by atoms with van der Waals surface area (Å²) in [6.07, 6.45) is 0. The number of primary sulfonamides is 1. The van der Waals surface area contributed by atoms with Gasteiger partial charge >= 0.3 is 0 Å². The first kappa shape index (κ1) is 14.9. The molecular weight excluding hydrogens is 254 g/mol. The van der Waals surface area contributed by atoms with Crippen LogP contribution in [0.1, 0.15) is 6.92 Å². The Bertz CT molecular complexity index is 433. The van der Waals surface area contributed by atoms with Crippen molar-refractivity contribution in [3.63, 3.8) is 0 Å². The molecule has 0 saturated heterocycles. The number of ether oxygens (including phenoxy) is 2. The van der Waals surface area contributed by atoms with E-state index in [1.54, 1.807) is 6.92 Å². The summed E-state index contributed by atoms with van der Waals surface area (Å²) >= 11 is 0. The Kier molecular flexibility index (Phi) is 6.11. The number of para-hydroxylation sites is 1. The Balaban J connectivity index is 2.09. The van der Waals surface area contributed by atoms with Crippen molar-refractivity contribution >= 4 is 10.0 Å². The van der Waals surface area contributed by atoms with Crippen molar-refractivity contribution in [2.75, 3.05) is 25.6 Å². The van der Waals surface area contributed by atoms with Crippen LogP contribution >= 0.6 is 0 Å². The van der Waals surface area contributed by atoms with Crippen LogP contribution in [0.25, 0.3) is 0 Å². The van der Waals surface area contributed by atoms with Crippen LogP contribution in [-0.4, -0.2) is 34.0 Å². The summed E-state index contributed by atoms with van der Waals surface area (Å²) in [5, 5.41) is 4.93. The van der Waals surface area contributed by atoms with Gasteiger partial charge in [-0.25, -0.2) is 13.6 Å². The summed E-state index contributed by atoms with van der Waals surface area (Å²) in [6.45, 7) is 2.99. The Morgan fingerprint density at radius 2 is 1.89 bits per heavy atom. The normalized spacial score (nSPS) is 13.2. The fourth-order valence-corrected chi connectivity index (χ4v) is 2.35. The molecule has 0 bridgehead atoms. The molecule has 0 radical (unpaired) electrons. The van der Waals surface area contributed by atoms with Crippen LogP contribution in [0.5, 0.6) is 5.75 Å². The largest absolute Gasteiger partial charge is 0.491 e. The maximum atomic E-state index is 10.8. The molecule has 1 unspecified atom stereocenters. The molecule has 5 nitrogen and oxygen atoms in total. The molecule has 0 aromatic heterocycles. The highest BCUT2D eigenvalue weighted by atomic mass is 32.2. The number of hydrogen-bond donors (Lipinski definition) is 1. The minimum atomic E-state index is -3.42. The van der Waals surface area contributed by atoms with Crippen molar-refractivity contribution in [3.8, 4) is 5.75 Å². The summed E-state index contributed by atoms with van der Waals surface area (Å²) in [5.74, 6) is 0.613. The summed E-state index contributed by atoms with van der Waals surface area (Å²) < 4.78 is 32.4. The second kappa shape index (κ2) is 7.35. The number of rotatable bonds is 8. The van der Waals surface area contributed by atoms with Crippen LogP contribution in [0.3, 0.4) is 0 Å². The van der Waals surface area contributed by atoms with Gasteiger partial charge in [-0.2, -0.15) is 0 Å². The molecule has 0 spiro atoms. The third-order valence-corrected chi connectivity index (χ3v) is 3.19. The fraction of sp³-hybridized carbons (Fsp3) is 0.500. The average molecular weight is 273 g/mol. The van der Waals surface area contributed by atoms with Crippen molar-refractivity contribution in [3.05, 3.63) is 30.3 Å². The van der Waals surface area contributed by atoms with Gasteiger partial charge in [0, 0.05) is 0 Å². The van der Waals surface area contributed by atoms with E-state index in [9.17, 15) is 8.42 Å². The zero-order valence-corrected chi connectivity index (χ0v) is 11.2. The zero-order valence-electron chi connectivity index (χ0n) is 10.4. The van der Waals surface area contributed by atoms with E-state index in [1.165, 1.54) is 0 Å². The zero-order chi connectivity index (χ0) is 13.4. The molecule has 0 heterocycles. The van der Waals surface area contributed by atoms with Gasteiger partial charge in [-0.05, 0) is 18.1 Å². The molecule has 0 saturated carbocycles. The second-order valence-electron chi connectivity index (χ2n) is 4.17. The summed E-state index contributed by atoms with van der Waals surface area (Å²) in [7, 11) is -3.42. The Labute approximate surface area is 108 Å². The van der Waals surface area contributed by atoms with Crippen LogP contribution in [0, 0.1) is 5.92 Å². The molecule has 1 aromatic carbocycles. The van der Waals surface area contributed by atoms with E-state index in [0.717, 1.165) is 5.75 Å². The van der Waals surface area contributed by atoms with E-state index in [2.05, 4.69) is 0 Å². The maximum Gasteiger partial charge on any atom is 0.209 e. The lowest BCUT2D eigenvalue weighted by Crippen LogP contribution is -2.24. The lowest BCUT2D eigenvalue weighted by Gasteiger charge is -2.11. The van der Waals surface area contributed by atoms with Gasteiger partial charge in [0.1, 0.15) is 12.4 Å². The van der Waals surface area contributed by atoms with Gasteiger partial charge in [0.2, 0.25) is 10.0 Å². The number of nitrogens with two attached hydrogens (primary N) is 1. The van der Waals surface area contributed by atoms with Crippen LogP contribution in [0.15, 0.2) is 30.3 Å². The van der Waals surface area contributed by atoms with Crippen molar-refractivity contribution in [2.45, 2.75) is 6.92 Å². The Hall–Kier alpha value is -1.11. The van der Waals surface area contributed by atoms with Crippen LogP contribution < -0.4 is 9.88 Å². The van der Waals surface area contributed by atoms with Gasteiger partial charge in [0.05, 0.1) is 19.0 Å². The van der Waals surface area contributed by atoms with Crippen molar-refractivity contribution < 1.29 is 17.9 Å². The molecule has 1 atom stereocenters. The minimum absolute atomic E-state index is 0.0630. The van der Waals surface area contributed by atoms with Gasteiger partial charge in [-0.15, -0.1) is 0 Å². The Morgan fingerprint density at radius 3 is 2.50 bits per heavy atom. The molecule has 1 rings (SSSR count). The van der Waals surface area contributed by atoms with E-state index in [-0.39, 0.29) is 11.7 Å². The van der Waals surface area contributed by atoms with E-state index >= 15 is 0 Å². The van der Waals surface area contributed by atoms with Crippen LogP contribution in [0.4, 0.5) is 0 Å². The summed E-state index contributed by atoms with van der Waals surface area (Å²) in [4.78, 5) is 0. The van der Waals surface area contributed by atoms with Gasteiger partial charge in [0.25, 0.3) is 0 Å².